The van der Waals surface area contributed by atoms with Crippen LogP contribution in [0.15, 0.2) is 0 Å². The van der Waals surface area contributed by atoms with E-state index in [0.717, 1.165) is 19.3 Å². The van der Waals surface area contributed by atoms with E-state index in [0.29, 0.717) is 19.4 Å². The highest BCUT2D eigenvalue weighted by atomic mass is 16.6. The zero-order valence-electron chi connectivity index (χ0n) is 19.5. The summed E-state index contributed by atoms with van der Waals surface area (Å²) in [6, 6.07) is -1.38. The molecule has 8 heteroatoms. The van der Waals surface area contributed by atoms with Crippen LogP contribution in [-0.2, 0) is 23.9 Å². The lowest BCUT2D eigenvalue weighted by atomic mass is 9.66. The van der Waals surface area contributed by atoms with Crippen LogP contribution >= 0.6 is 0 Å². The molecule has 3 saturated heterocycles. The van der Waals surface area contributed by atoms with Gasteiger partial charge in [0.15, 0.2) is 0 Å². The van der Waals surface area contributed by atoms with Crippen molar-refractivity contribution in [1.29, 1.82) is 0 Å². The van der Waals surface area contributed by atoms with Gasteiger partial charge in [0.05, 0.1) is 30.8 Å². The van der Waals surface area contributed by atoms with E-state index in [4.69, 9.17) is 9.47 Å². The molecule has 0 radical (unpaired) electrons. The molecule has 3 fully saturated rings. The van der Waals surface area contributed by atoms with Crippen LogP contribution in [0.4, 0.5) is 0 Å². The Morgan fingerprint density at radius 1 is 1.32 bits per heavy atom. The van der Waals surface area contributed by atoms with Crippen molar-refractivity contribution in [2.45, 2.75) is 90.0 Å². The average molecular weight is 439 g/mol. The number of ether oxygens (including phenoxy) is 2. The molecular weight excluding hydrogens is 400 g/mol. The van der Waals surface area contributed by atoms with Crippen molar-refractivity contribution in [2.75, 3.05) is 19.8 Å². The fourth-order valence-corrected chi connectivity index (χ4v) is 5.91. The van der Waals surface area contributed by atoms with Crippen molar-refractivity contribution in [3.8, 4) is 0 Å². The first-order valence-corrected chi connectivity index (χ1v) is 11.8. The first-order chi connectivity index (χ1) is 14.7. The van der Waals surface area contributed by atoms with Crippen LogP contribution in [0.3, 0.4) is 0 Å². The normalized spacial score (nSPS) is 35.7. The minimum absolute atomic E-state index is 0.0102. The largest absolute Gasteiger partial charge is 0.466 e. The summed E-state index contributed by atoms with van der Waals surface area (Å²) >= 11 is 0. The van der Waals surface area contributed by atoms with Crippen molar-refractivity contribution in [1.82, 2.24) is 10.2 Å². The minimum Gasteiger partial charge on any atom is -0.466 e. The van der Waals surface area contributed by atoms with E-state index in [-0.39, 0.29) is 30.9 Å². The molecule has 2 N–H and O–H groups in total. The second-order valence-electron chi connectivity index (χ2n) is 9.51. The van der Waals surface area contributed by atoms with Gasteiger partial charge in [-0.3, -0.25) is 14.4 Å². The van der Waals surface area contributed by atoms with Crippen LogP contribution in [0.2, 0.25) is 0 Å². The quantitative estimate of drug-likeness (QED) is 0.397. The number of fused-ring (bicyclic) bond motifs is 1. The van der Waals surface area contributed by atoms with Gasteiger partial charge in [0, 0.05) is 6.54 Å². The second-order valence-corrected chi connectivity index (χ2v) is 9.51. The van der Waals surface area contributed by atoms with Crippen molar-refractivity contribution in [3.63, 3.8) is 0 Å². The first kappa shape index (κ1) is 24.0. The third kappa shape index (κ3) is 3.65. The van der Waals surface area contributed by atoms with Gasteiger partial charge in [-0.15, -0.1) is 0 Å². The minimum atomic E-state index is -1.07. The van der Waals surface area contributed by atoms with E-state index in [1.54, 1.807) is 6.92 Å². The van der Waals surface area contributed by atoms with Crippen molar-refractivity contribution in [2.24, 2.45) is 17.8 Å². The Labute approximate surface area is 185 Å². The molecule has 3 aliphatic rings. The maximum absolute atomic E-state index is 13.8. The number of aliphatic hydroxyl groups excluding tert-OH is 1. The van der Waals surface area contributed by atoms with E-state index in [2.05, 4.69) is 5.32 Å². The summed E-state index contributed by atoms with van der Waals surface area (Å²) in [5.41, 5.74) is -1.90. The van der Waals surface area contributed by atoms with Crippen LogP contribution in [-0.4, -0.2) is 70.8 Å². The van der Waals surface area contributed by atoms with E-state index >= 15 is 0 Å². The number of carbonyl (C=O) groups is 3. The smallest absolute Gasteiger partial charge is 0.312 e. The van der Waals surface area contributed by atoms with E-state index in [1.807, 2.05) is 27.7 Å². The molecule has 8 nitrogen and oxygen atoms in total. The van der Waals surface area contributed by atoms with Gasteiger partial charge in [0.2, 0.25) is 11.8 Å². The molecule has 7 atom stereocenters. The molecule has 2 unspecified atom stereocenters. The van der Waals surface area contributed by atoms with E-state index in [1.165, 1.54) is 4.90 Å². The lowest BCUT2D eigenvalue weighted by Gasteiger charge is -2.39. The van der Waals surface area contributed by atoms with Gasteiger partial charge >= 0.3 is 5.97 Å². The fourth-order valence-electron chi connectivity index (χ4n) is 5.91. The molecule has 0 aromatic carbocycles. The maximum atomic E-state index is 13.8. The zero-order chi connectivity index (χ0) is 23.0. The van der Waals surface area contributed by atoms with Gasteiger partial charge in [-0.2, -0.15) is 0 Å². The van der Waals surface area contributed by atoms with Crippen molar-refractivity contribution < 1.29 is 29.0 Å². The number of carbonyl (C=O) groups excluding carboxylic acids is 3. The topological polar surface area (TPSA) is 105 Å². The third-order valence-electron chi connectivity index (χ3n) is 7.68. The zero-order valence-corrected chi connectivity index (χ0v) is 19.5. The maximum Gasteiger partial charge on any atom is 0.312 e. The van der Waals surface area contributed by atoms with Crippen LogP contribution < -0.4 is 5.32 Å². The van der Waals surface area contributed by atoms with Gasteiger partial charge < -0.3 is 24.8 Å². The van der Waals surface area contributed by atoms with Crippen molar-refractivity contribution in [3.05, 3.63) is 0 Å². The van der Waals surface area contributed by atoms with Gasteiger partial charge in [0.1, 0.15) is 17.6 Å². The molecular formula is C23H38N2O6. The molecule has 3 aliphatic heterocycles. The molecule has 0 aliphatic carbocycles. The Bertz CT molecular complexity index is 714. The molecule has 2 bridgehead atoms. The fraction of sp³-hybridized carbons (Fsp3) is 0.870. The van der Waals surface area contributed by atoms with Crippen LogP contribution in [0.1, 0.15) is 66.7 Å². The van der Waals surface area contributed by atoms with Crippen LogP contribution in [0, 0.1) is 17.8 Å². The molecule has 2 amide bonds. The molecule has 0 aromatic rings. The number of amides is 2. The molecule has 1 spiro atoms. The van der Waals surface area contributed by atoms with Crippen LogP contribution in [0.5, 0.6) is 0 Å². The summed E-state index contributed by atoms with van der Waals surface area (Å²) in [6.07, 6.45) is 3.63. The summed E-state index contributed by atoms with van der Waals surface area (Å²) in [6.45, 7) is 10.1. The predicted octanol–water partition coefficient (Wildman–Crippen LogP) is 1.64. The lowest BCUT2D eigenvalue weighted by Crippen LogP contribution is -2.59. The molecule has 3 rings (SSSR count). The summed E-state index contributed by atoms with van der Waals surface area (Å²) < 4.78 is 11.8. The Balaban J connectivity index is 2.06. The third-order valence-corrected chi connectivity index (χ3v) is 7.68. The second kappa shape index (κ2) is 9.06. The lowest BCUT2D eigenvalue weighted by molar-refractivity contribution is -0.160. The summed E-state index contributed by atoms with van der Waals surface area (Å²) in [4.78, 5) is 41.8. The summed E-state index contributed by atoms with van der Waals surface area (Å²) in [5.74, 6) is -2.52. The van der Waals surface area contributed by atoms with Crippen LogP contribution in [0.25, 0.3) is 0 Å². The number of rotatable bonds is 10. The standard InChI is InChI=1S/C23H38N2O6/c1-6-9-12-24-19(27)18-23-11-10-22(5,31-23)17(21(29)30-8-3)16(23)20(28)25(18)15(13-26)14(4)7-2/h14-18,26H,6-13H2,1-5H3,(H,24,27)/t14-,15-,16-,17+,18?,22-,23?/m0/s1. The number of nitrogens with one attached hydrogen (secondary N) is 1. The highest BCUT2D eigenvalue weighted by molar-refractivity contribution is 5.98. The highest BCUT2D eigenvalue weighted by Gasteiger charge is 2.78. The number of aliphatic hydroxyl groups is 1. The molecule has 3 heterocycles. The number of esters is 1. The van der Waals surface area contributed by atoms with Gasteiger partial charge in [-0.25, -0.2) is 0 Å². The molecule has 176 valence electrons. The number of hydrogen-bond donors (Lipinski definition) is 2. The average Bonchev–Trinajstić information content (AvgIpc) is 3.30. The number of likely N-dealkylation sites (tertiary alicyclic amines) is 1. The molecule has 0 saturated carbocycles. The summed E-state index contributed by atoms with van der Waals surface area (Å²) in [5, 5.41) is 13.2. The van der Waals surface area contributed by atoms with E-state index in [9.17, 15) is 19.5 Å². The predicted molar refractivity (Wildman–Crippen MR) is 114 cm³/mol. The molecule has 31 heavy (non-hydrogen) atoms. The Morgan fingerprint density at radius 2 is 2.03 bits per heavy atom. The Morgan fingerprint density at radius 3 is 2.61 bits per heavy atom. The first-order valence-electron chi connectivity index (χ1n) is 11.8. The van der Waals surface area contributed by atoms with Gasteiger partial charge in [-0.1, -0.05) is 33.6 Å². The number of hydrogen-bond acceptors (Lipinski definition) is 6. The van der Waals surface area contributed by atoms with E-state index < -0.39 is 41.1 Å². The van der Waals surface area contributed by atoms with Gasteiger partial charge in [-0.05, 0) is 39.0 Å². The highest BCUT2D eigenvalue weighted by Crippen LogP contribution is 2.63. The molecule has 0 aromatic heterocycles. The summed E-state index contributed by atoms with van der Waals surface area (Å²) in [7, 11) is 0. The Hall–Kier alpha value is -1.67. The number of nitrogens with zero attached hydrogens (tertiary/aromatic N) is 1. The van der Waals surface area contributed by atoms with Crippen molar-refractivity contribution >= 4 is 17.8 Å². The monoisotopic (exact) mass is 438 g/mol. The number of unbranched alkanes of at least 4 members (excludes halogenated alkanes) is 1. The Kier molecular flexibility index (Phi) is 7.01. The van der Waals surface area contributed by atoms with Gasteiger partial charge in [0.25, 0.3) is 0 Å². The SMILES string of the molecule is CCCCNC(=O)C1N([C@@H](CO)[C@@H](C)CC)C(=O)[C@@H]2[C@H](C(=O)OCC)[C@]3(C)CCC12O3.